The molecule has 0 radical (unpaired) electrons. The van der Waals surface area contributed by atoms with Gasteiger partial charge in [0.05, 0.1) is 5.39 Å². The lowest BCUT2D eigenvalue weighted by molar-refractivity contribution is 0.484. The van der Waals surface area contributed by atoms with E-state index in [1.54, 1.807) is 0 Å². The number of unbranched alkanes of at least 4 members (excludes halogenated alkanes) is 3. The summed E-state index contributed by atoms with van der Waals surface area (Å²) in [6.45, 7) is 14.6. The van der Waals surface area contributed by atoms with Crippen molar-refractivity contribution in [3.05, 3.63) is 117 Å². The van der Waals surface area contributed by atoms with Gasteiger partial charge in [-0.3, -0.25) is 0 Å². The number of rotatable bonds is 7. The molecule has 0 aliphatic rings. The van der Waals surface area contributed by atoms with Gasteiger partial charge in [-0.05, 0) is 74.6 Å². The van der Waals surface area contributed by atoms with Crippen molar-refractivity contribution in [2.75, 3.05) is 0 Å². The lowest BCUT2D eigenvalue weighted by Gasteiger charge is -2.04. The zero-order valence-electron chi connectivity index (χ0n) is 25.0. The lowest BCUT2D eigenvalue weighted by atomic mass is 10.1. The van der Waals surface area contributed by atoms with Crippen LogP contribution in [0.2, 0.25) is 0 Å². The molecule has 39 heavy (non-hydrogen) atoms. The van der Waals surface area contributed by atoms with Gasteiger partial charge in [0.25, 0.3) is 0 Å². The van der Waals surface area contributed by atoms with Crippen LogP contribution in [-0.2, 0) is 12.8 Å². The number of hydrogen-bond donors (Lipinski definition) is 0. The summed E-state index contributed by atoms with van der Waals surface area (Å²) >= 11 is 0. The molecule has 0 aliphatic heterocycles. The highest BCUT2D eigenvalue weighted by Crippen LogP contribution is 2.19. The summed E-state index contributed by atoms with van der Waals surface area (Å²) < 4.78 is 5.12. The van der Waals surface area contributed by atoms with Gasteiger partial charge in [-0.15, -0.1) is 0 Å². The van der Waals surface area contributed by atoms with E-state index >= 15 is 0 Å². The quantitative estimate of drug-likeness (QED) is 0.238. The van der Waals surface area contributed by atoms with E-state index in [0.717, 1.165) is 16.5 Å². The summed E-state index contributed by atoms with van der Waals surface area (Å²) in [4.78, 5) is 11.5. The summed E-state index contributed by atoms with van der Waals surface area (Å²) in [6, 6.07) is 27.2. The summed E-state index contributed by atoms with van der Waals surface area (Å²) in [6.07, 6.45) is 10.3. The van der Waals surface area contributed by atoms with Gasteiger partial charge in [-0.2, -0.15) is 0 Å². The van der Waals surface area contributed by atoms with Crippen LogP contribution < -0.4 is 5.63 Å². The minimum atomic E-state index is -0.244. The molecule has 0 N–H and O–H groups in total. The van der Waals surface area contributed by atoms with Gasteiger partial charge in [0.15, 0.2) is 0 Å². The maximum absolute atomic E-state index is 11.5. The monoisotopic (exact) mass is 530 g/mol. The fourth-order valence-corrected chi connectivity index (χ4v) is 3.67. The van der Waals surface area contributed by atoms with Crippen molar-refractivity contribution >= 4 is 10.8 Å². The predicted molar refractivity (Wildman–Crippen MR) is 174 cm³/mol. The van der Waals surface area contributed by atoms with E-state index in [1.807, 2.05) is 39.0 Å². The SMILES string of the molecule is C.CCCC.CCCCc1ccccc1.CCCCc1ccccc1.Cc1ccc2c(C)c(C)oc(=O)c2c1. The van der Waals surface area contributed by atoms with E-state index in [4.69, 9.17) is 4.42 Å². The Balaban J connectivity index is 0.000000523. The third-order valence-electron chi connectivity index (χ3n) is 6.40. The number of benzene rings is 3. The molecule has 0 amide bonds. The Bertz CT molecular complexity index is 1150. The van der Waals surface area contributed by atoms with Crippen molar-refractivity contribution in [1.82, 2.24) is 0 Å². The van der Waals surface area contributed by atoms with Crippen LogP contribution in [-0.4, -0.2) is 0 Å². The highest BCUT2D eigenvalue weighted by Gasteiger charge is 2.06. The Morgan fingerprint density at radius 1 is 0.590 bits per heavy atom. The second-order valence-electron chi connectivity index (χ2n) is 9.80. The molecular weight excluding hydrogens is 476 g/mol. The zero-order chi connectivity index (χ0) is 28.2. The smallest absolute Gasteiger partial charge is 0.343 e. The van der Waals surface area contributed by atoms with Crippen LogP contribution >= 0.6 is 0 Å². The van der Waals surface area contributed by atoms with E-state index in [9.17, 15) is 4.79 Å². The van der Waals surface area contributed by atoms with Crippen LogP contribution in [0.3, 0.4) is 0 Å². The van der Waals surface area contributed by atoms with Crippen LogP contribution in [0.15, 0.2) is 88.1 Å². The molecule has 1 aromatic heterocycles. The summed E-state index contributed by atoms with van der Waals surface area (Å²) in [5, 5.41) is 1.66. The third-order valence-corrected chi connectivity index (χ3v) is 6.40. The van der Waals surface area contributed by atoms with Crippen LogP contribution in [0, 0.1) is 20.8 Å². The summed E-state index contributed by atoms with van der Waals surface area (Å²) in [5.74, 6) is 0.700. The second-order valence-corrected chi connectivity index (χ2v) is 9.80. The first-order valence-corrected chi connectivity index (χ1v) is 14.5. The topological polar surface area (TPSA) is 30.2 Å². The Hall–Kier alpha value is -3.13. The van der Waals surface area contributed by atoms with Crippen molar-refractivity contribution in [2.24, 2.45) is 0 Å². The van der Waals surface area contributed by atoms with E-state index in [2.05, 4.69) is 88.4 Å². The molecule has 0 saturated carbocycles. The Morgan fingerprint density at radius 2 is 1.05 bits per heavy atom. The lowest BCUT2D eigenvalue weighted by Crippen LogP contribution is -2.02. The minimum Gasteiger partial charge on any atom is -0.427 e. The fourth-order valence-electron chi connectivity index (χ4n) is 3.67. The summed E-state index contributed by atoms with van der Waals surface area (Å²) in [5.41, 5.74) is 4.80. The highest BCUT2D eigenvalue weighted by atomic mass is 16.4. The number of aryl methyl sites for hydroxylation is 5. The minimum absolute atomic E-state index is 0. The van der Waals surface area contributed by atoms with Crippen molar-refractivity contribution in [3.8, 4) is 0 Å². The highest BCUT2D eigenvalue weighted by molar-refractivity contribution is 5.85. The average Bonchev–Trinajstić information content (AvgIpc) is 2.95. The third kappa shape index (κ3) is 14.6. The van der Waals surface area contributed by atoms with E-state index in [-0.39, 0.29) is 13.1 Å². The standard InChI is InChI=1S/C12H12O2.2C10H14.C4H10.CH4/c1-7-4-5-10-8(2)9(3)14-12(13)11(10)6-7;2*1-2-3-7-10-8-5-4-6-9-10;1-3-4-2;/h4-6H,1-3H3;2*4-6,8-9H,2-3,7H2,1H3;3-4H2,1-2H3;1H4. The molecule has 0 aliphatic carbocycles. The van der Waals surface area contributed by atoms with E-state index in [0.29, 0.717) is 11.1 Å². The second kappa shape index (κ2) is 21.8. The van der Waals surface area contributed by atoms with Crippen LogP contribution in [0.1, 0.15) is 102 Å². The largest absolute Gasteiger partial charge is 0.427 e. The molecule has 214 valence electrons. The Kier molecular flexibility index (Phi) is 20.0. The van der Waals surface area contributed by atoms with Gasteiger partial charge in [0.2, 0.25) is 0 Å². The predicted octanol–water partition coefficient (Wildman–Crippen LogP) is 11.2. The first kappa shape index (κ1) is 35.9. The molecule has 1 heterocycles. The molecule has 0 bridgehead atoms. The molecule has 4 aromatic rings. The normalized spacial score (nSPS) is 9.62. The molecule has 0 saturated heterocycles. The molecule has 4 rings (SSSR count). The first-order valence-electron chi connectivity index (χ1n) is 14.5. The number of fused-ring (bicyclic) bond motifs is 1. The summed E-state index contributed by atoms with van der Waals surface area (Å²) in [7, 11) is 0. The Labute approximate surface area is 239 Å². The molecule has 0 atom stereocenters. The Morgan fingerprint density at radius 3 is 1.46 bits per heavy atom. The van der Waals surface area contributed by atoms with Crippen molar-refractivity contribution in [1.29, 1.82) is 0 Å². The first-order chi connectivity index (χ1) is 18.4. The van der Waals surface area contributed by atoms with E-state index in [1.165, 1.54) is 62.5 Å². The maximum Gasteiger partial charge on any atom is 0.343 e. The van der Waals surface area contributed by atoms with Crippen molar-refractivity contribution < 1.29 is 4.42 Å². The van der Waals surface area contributed by atoms with Gasteiger partial charge in [-0.1, -0.05) is 139 Å². The average molecular weight is 531 g/mol. The number of hydrogen-bond acceptors (Lipinski definition) is 2. The van der Waals surface area contributed by atoms with Crippen LogP contribution in [0.25, 0.3) is 10.8 Å². The molecule has 0 fully saturated rings. The van der Waals surface area contributed by atoms with Gasteiger partial charge < -0.3 is 4.42 Å². The van der Waals surface area contributed by atoms with Crippen LogP contribution in [0.5, 0.6) is 0 Å². The van der Waals surface area contributed by atoms with E-state index < -0.39 is 0 Å². The fraction of sp³-hybridized carbons (Fsp3) is 0.432. The molecule has 2 nitrogen and oxygen atoms in total. The van der Waals surface area contributed by atoms with Gasteiger partial charge in [0.1, 0.15) is 5.76 Å². The van der Waals surface area contributed by atoms with Gasteiger partial charge in [-0.25, -0.2) is 4.79 Å². The molecule has 0 spiro atoms. The van der Waals surface area contributed by atoms with Crippen molar-refractivity contribution in [2.45, 2.75) is 107 Å². The van der Waals surface area contributed by atoms with Gasteiger partial charge in [0, 0.05) is 0 Å². The van der Waals surface area contributed by atoms with Gasteiger partial charge >= 0.3 is 5.63 Å². The maximum atomic E-state index is 11.5. The molecular formula is C37H54O2. The van der Waals surface area contributed by atoms with Crippen molar-refractivity contribution in [3.63, 3.8) is 0 Å². The zero-order valence-corrected chi connectivity index (χ0v) is 25.0. The molecule has 0 unspecified atom stereocenters. The van der Waals surface area contributed by atoms with Crippen LogP contribution in [0.4, 0.5) is 0 Å². The molecule has 3 aromatic carbocycles. The molecule has 2 heteroatoms.